The zero-order chi connectivity index (χ0) is 19.9. The van der Waals surface area contributed by atoms with Gasteiger partial charge < -0.3 is 18.9 Å². The Balaban J connectivity index is 2.67. The molecule has 1 rings (SSSR count). The van der Waals surface area contributed by atoms with Crippen LogP contribution in [0.5, 0.6) is 17.2 Å². The maximum absolute atomic E-state index is 11.5. The first-order valence-corrected chi connectivity index (χ1v) is 9.89. The van der Waals surface area contributed by atoms with E-state index in [0.29, 0.717) is 30.5 Å². The van der Waals surface area contributed by atoms with Crippen molar-refractivity contribution >= 4 is 12.0 Å². The Morgan fingerprint density at radius 1 is 0.926 bits per heavy atom. The van der Waals surface area contributed by atoms with Gasteiger partial charge in [0, 0.05) is 6.08 Å². The maximum atomic E-state index is 11.5. The highest BCUT2D eigenvalue weighted by Gasteiger charge is 2.13. The molecular weight excluding hydrogens is 344 g/mol. The van der Waals surface area contributed by atoms with Gasteiger partial charge in [-0.05, 0) is 37.1 Å². The first kappa shape index (κ1) is 22.9. The summed E-state index contributed by atoms with van der Waals surface area (Å²) in [5.41, 5.74) is 0.787. The normalized spacial score (nSPS) is 10.8. The summed E-state index contributed by atoms with van der Waals surface area (Å²) in [7, 11) is 3.17. The van der Waals surface area contributed by atoms with Crippen molar-refractivity contribution in [2.45, 2.75) is 58.8 Å². The average Bonchev–Trinajstić information content (AvgIpc) is 2.68. The SMILES string of the molecule is CCCCCCCCCOc1cc(/C=C/C(=O)OCC)cc(OC)c1OC. The van der Waals surface area contributed by atoms with E-state index in [1.807, 2.05) is 6.07 Å². The van der Waals surface area contributed by atoms with Gasteiger partial charge in [-0.2, -0.15) is 0 Å². The van der Waals surface area contributed by atoms with E-state index < -0.39 is 0 Å². The minimum atomic E-state index is -0.377. The van der Waals surface area contributed by atoms with Gasteiger partial charge in [-0.3, -0.25) is 0 Å². The number of methoxy groups -OCH3 is 2. The number of hydrogen-bond acceptors (Lipinski definition) is 5. The minimum Gasteiger partial charge on any atom is -0.493 e. The van der Waals surface area contributed by atoms with Gasteiger partial charge in [0.2, 0.25) is 5.75 Å². The summed E-state index contributed by atoms with van der Waals surface area (Å²) >= 11 is 0. The first-order chi connectivity index (χ1) is 13.2. The van der Waals surface area contributed by atoms with Crippen LogP contribution in [0.2, 0.25) is 0 Å². The Labute approximate surface area is 163 Å². The molecule has 5 heteroatoms. The molecule has 0 spiro atoms. The predicted molar refractivity (Wildman–Crippen MR) is 109 cm³/mol. The predicted octanol–water partition coefficient (Wildman–Crippen LogP) is 5.41. The molecule has 0 heterocycles. The molecule has 1 aromatic rings. The Bertz CT molecular complexity index is 580. The van der Waals surface area contributed by atoms with Crippen LogP contribution in [0.25, 0.3) is 6.08 Å². The number of carbonyl (C=O) groups excluding carboxylic acids is 1. The molecule has 0 atom stereocenters. The second kappa shape index (κ2) is 14.0. The second-order valence-electron chi connectivity index (χ2n) is 6.31. The van der Waals surface area contributed by atoms with Gasteiger partial charge in [0.1, 0.15) is 0 Å². The third kappa shape index (κ3) is 8.85. The maximum Gasteiger partial charge on any atom is 0.330 e. The summed E-state index contributed by atoms with van der Waals surface area (Å²) in [6, 6.07) is 3.65. The summed E-state index contributed by atoms with van der Waals surface area (Å²) in [6.07, 6.45) is 11.7. The lowest BCUT2D eigenvalue weighted by Crippen LogP contribution is -2.02. The molecule has 0 N–H and O–H groups in total. The fourth-order valence-electron chi connectivity index (χ4n) is 2.75. The molecule has 0 aliphatic heterocycles. The molecule has 0 saturated heterocycles. The lowest BCUT2D eigenvalue weighted by Gasteiger charge is -2.15. The van der Waals surface area contributed by atoms with Gasteiger partial charge in [-0.1, -0.05) is 45.4 Å². The van der Waals surface area contributed by atoms with Crippen LogP contribution in [0.3, 0.4) is 0 Å². The highest BCUT2D eigenvalue weighted by molar-refractivity contribution is 5.87. The molecule has 0 amide bonds. The van der Waals surface area contributed by atoms with Crippen LogP contribution < -0.4 is 14.2 Å². The molecule has 0 bridgehead atoms. The Morgan fingerprint density at radius 3 is 2.22 bits per heavy atom. The standard InChI is InChI=1S/C22H34O5/c1-5-7-8-9-10-11-12-15-27-20-17-18(13-14-21(23)26-6-2)16-19(24-3)22(20)25-4/h13-14,16-17H,5-12,15H2,1-4H3/b14-13+. The molecule has 0 saturated carbocycles. The molecule has 27 heavy (non-hydrogen) atoms. The number of benzene rings is 1. The van der Waals surface area contributed by atoms with Crippen LogP contribution in [0, 0.1) is 0 Å². The molecule has 0 radical (unpaired) electrons. The molecular formula is C22H34O5. The van der Waals surface area contributed by atoms with Crippen LogP contribution in [0.1, 0.15) is 64.4 Å². The first-order valence-electron chi connectivity index (χ1n) is 9.89. The van der Waals surface area contributed by atoms with E-state index in [9.17, 15) is 4.79 Å². The Kier molecular flexibility index (Phi) is 11.8. The third-order valence-electron chi connectivity index (χ3n) is 4.17. The van der Waals surface area contributed by atoms with Gasteiger partial charge in [0.15, 0.2) is 11.5 Å². The zero-order valence-corrected chi connectivity index (χ0v) is 17.2. The summed E-state index contributed by atoms with van der Waals surface area (Å²) in [6.45, 7) is 4.98. The highest BCUT2D eigenvalue weighted by atomic mass is 16.5. The summed E-state index contributed by atoms with van der Waals surface area (Å²) in [5.74, 6) is 1.37. The number of rotatable bonds is 14. The number of unbranched alkanes of at least 4 members (excludes halogenated alkanes) is 6. The van der Waals surface area contributed by atoms with E-state index in [1.54, 1.807) is 33.3 Å². The highest BCUT2D eigenvalue weighted by Crippen LogP contribution is 2.39. The van der Waals surface area contributed by atoms with Crippen LogP contribution in [-0.2, 0) is 9.53 Å². The van der Waals surface area contributed by atoms with E-state index >= 15 is 0 Å². The summed E-state index contributed by atoms with van der Waals surface area (Å²) in [4.78, 5) is 11.5. The van der Waals surface area contributed by atoms with E-state index in [2.05, 4.69) is 6.92 Å². The molecule has 0 fully saturated rings. The fraction of sp³-hybridized carbons (Fsp3) is 0.591. The Hall–Kier alpha value is -2.17. The van der Waals surface area contributed by atoms with Crippen molar-refractivity contribution in [3.63, 3.8) is 0 Å². The lowest BCUT2D eigenvalue weighted by atomic mass is 10.1. The smallest absolute Gasteiger partial charge is 0.330 e. The van der Waals surface area contributed by atoms with Crippen molar-refractivity contribution in [2.24, 2.45) is 0 Å². The molecule has 152 valence electrons. The van der Waals surface area contributed by atoms with Crippen LogP contribution in [-0.4, -0.2) is 33.4 Å². The third-order valence-corrected chi connectivity index (χ3v) is 4.17. The topological polar surface area (TPSA) is 54.0 Å². The van der Waals surface area contributed by atoms with Gasteiger partial charge in [0.05, 0.1) is 27.4 Å². The average molecular weight is 379 g/mol. The van der Waals surface area contributed by atoms with Crippen LogP contribution in [0.4, 0.5) is 0 Å². The van der Waals surface area contributed by atoms with Crippen molar-refractivity contribution < 1.29 is 23.7 Å². The van der Waals surface area contributed by atoms with Crippen LogP contribution >= 0.6 is 0 Å². The van der Waals surface area contributed by atoms with E-state index in [0.717, 1.165) is 18.4 Å². The molecule has 0 aliphatic carbocycles. The zero-order valence-electron chi connectivity index (χ0n) is 17.2. The van der Waals surface area contributed by atoms with Crippen molar-refractivity contribution in [3.8, 4) is 17.2 Å². The molecule has 5 nitrogen and oxygen atoms in total. The van der Waals surface area contributed by atoms with Gasteiger partial charge in [-0.25, -0.2) is 4.79 Å². The number of carbonyl (C=O) groups is 1. The quantitative estimate of drug-likeness (QED) is 0.246. The number of esters is 1. The fourth-order valence-corrected chi connectivity index (χ4v) is 2.75. The van der Waals surface area contributed by atoms with Gasteiger partial charge in [-0.15, -0.1) is 0 Å². The van der Waals surface area contributed by atoms with Crippen molar-refractivity contribution in [1.82, 2.24) is 0 Å². The number of ether oxygens (including phenoxy) is 4. The Morgan fingerprint density at radius 2 is 1.59 bits per heavy atom. The van der Waals surface area contributed by atoms with E-state index in [1.165, 1.54) is 38.2 Å². The summed E-state index contributed by atoms with van der Waals surface area (Å²) < 4.78 is 21.7. The van der Waals surface area contributed by atoms with Crippen molar-refractivity contribution in [1.29, 1.82) is 0 Å². The number of hydrogen-bond donors (Lipinski definition) is 0. The van der Waals surface area contributed by atoms with Crippen molar-refractivity contribution in [3.05, 3.63) is 23.8 Å². The van der Waals surface area contributed by atoms with Crippen molar-refractivity contribution in [2.75, 3.05) is 27.4 Å². The monoisotopic (exact) mass is 378 g/mol. The summed E-state index contributed by atoms with van der Waals surface area (Å²) in [5, 5.41) is 0. The van der Waals surface area contributed by atoms with E-state index in [-0.39, 0.29) is 5.97 Å². The molecule has 1 aromatic carbocycles. The largest absolute Gasteiger partial charge is 0.493 e. The molecule has 0 aromatic heterocycles. The molecule has 0 aliphatic rings. The van der Waals surface area contributed by atoms with Gasteiger partial charge in [0.25, 0.3) is 0 Å². The van der Waals surface area contributed by atoms with Gasteiger partial charge >= 0.3 is 5.97 Å². The lowest BCUT2D eigenvalue weighted by molar-refractivity contribution is -0.137. The minimum absolute atomic E-state index is 0.349. The van der Waals surface area contributed by atoms with E-state index in [4.69, 9.17) is 18.9 Å². The molecule has 0 unspecified atom stereocenters. The van der Waals surface area contributed by atoms with Crippen LogP contribution in [0.15, 0.2) is 18.2 Å². The second-order valence-corrected chi connectivity index (χ2v) is 6.31.